The fourth-order valence-electron chi connectivity index (χ4n) is 2.16. The van der Waals surface area contributed by atoms with Gasteiger partial charge < -0.3 is 15.5 Å². The lowest BCUT2D eigenvalue weighted by molar-refractivity contribution is -0.137. The minimum atomic E-state index is -4.39. The molecule has 0 spiro atoms. The average Bonchev–Trinajstić information content (AvgIpc) is 2.57. The molecule has 5 nitrogen and oxygen atoms in total. The average molecular weight is 347 g/mol. The Hall–Kier alpha value is -3.29. The number of hydrogen-bond donors (Lipinski definition) is 3. The van der Waals surface area contributed by atoms with E-state index in [1.807, 2.05) is 0 Å². The molecule has 1 aromatic heterocycles. The van der Waals surface area contributed by atoms with Crippen LogP contribution in [0.4, 0.5) is 24.7 Å². The molecule has 8 heteroatoms. The molecule has 1 heterocycles. The van der Waals surface area contributed by atoms with Crippen molar-refractivity contribution in [2.75, 3.05) is 5.32 Å². The summed E-state index contributed by atoms with van der Waals surface area (Å²) >= 11 is 0. The maximum absolute atomic E-state index is 12.6. The Kier molecular flexibility index (Phi) is 4.18. The van der Waals surface area contributed by atoms with Crippen molar-refractivity contribution in [1.82, 2.24) is 9.97 Å². The smallest absolute Gasteiger partial charge is 0.416 e. The van der Waals surface area contributed by atoms with Crippen LogP contribution in [0.1, 0.15) is 5.56 Å². The number of phenolic OH excluding ortho intramolecular Hbond substituents is 2. The molecule has 0 amide bonds. The van der Waals surface area contributed by atoms with Crippen LogP contribution in [-0.4, -0.2) is 20.2 Å². The Morgan fingerprint density at radius 2 is 1.56 bits per heavy atom. The molecule has 0 aliphatic heterocycles. The van der Waals surface area contributed by atoms with Crippen molar-refractivity contribution in [2.45, 2.75) is 6.18 Å². The fraction of sp³-hybridized carbons (Fsp3) is 0.0588. The van der Waals surface area contributed by atoms with Crippen LogP contribution >= 0.6 is 0 Å². The molecule has 3 N–H and O–H groups in total. The number of nitrogens with one attached hydrogen (secondary N) is 1. The Labute approximate surface area is 140 Å². The summed E-state index contributed by atoms with van der Waals surface area (Å²) in [7, 11) is 0. The summed E-state index contributed by atoms with van der Waals surface area (Å²) in [4.78, 5) is 8.09. The maximum atomic E-state index is 12.6. The third kappa shape index (κ3) is 3.79. The second kappa shape index (κ2) is 6.31. The molecule has 0 aliphatic carbocycles. The van der Waals surface area contributed by atoms with Crippen LogP contribution in [-0.2, 0) is 6.18 Å². The zero-order valence-electron chi connectivity index (χ0n) is 12.6. The Bertz CT molecular complexity index is 896. The largest absolute Gasteiger partial charge is 0.504 e. The Balaban J connectivity index is 1.83. The summed E-state index contributed by atoms with van der Waals surface area (Å²) < 4.78 is 37.7. The molecule has 2 aromatic carbocycles. The molecule has 0 aliphatic rings. The molecule has 128 valence electrons. The summed E-state index contributed by atoms with van der Waals surface area (Å²) in [5.74, 6) is -0.161. The lowest BCUT2D eigenvalue weighted by Crippen LogP contribution is -2.04. The molecule has 3 aromatic rings. The molecule has 3 rings (SSSR count). The van der Waals surface area contributed by atoms with Gasteiger partial charge in [0, 0.05) is 17.3 Å². The number of alkyl halides is 3. The molecular weight excluding hydrogens is 335 g/mol. The first-order valence-electron chi connectivity index (χ1n) is 7.11. The van der Waals surface area contributed by atoms with E-state index in [1.165, 1.54) is 30.6 Å². The first-order chi connectivity index (χ1) is 11.8. The second-order valence-electron chi connectivity index (χ2n) is 5.19. The van der Waals surface area contributed by atoms with Crippen LogP contribution in [0.25, 0.3) is 11.3 Å². The lowest BCUT2D eigenvalue weighted by Gasteiger charge is -2.10. The molecule has 0 saturated carbocycles. The summed E-state index contributed by atoms with van der Waals surface area (Å²) in [6.45, 7) is 0. The number of hydrogen-bond acceptors (Lipinski definition) is 5. The highest BCUT2D eigenvalue weighted by Gasteiger charge is 2.29. The number of phenols is 2. The van der Waals surface area contributed by atoms with Gasteiger partial charge >= 0.3 is 6.18 Å². The zero-order chi connectivity index (χ0) is 18.0. The molecule has 0 fully saturated rings. The number of halogens is 3. The minimum absolute atomic E-state index is 0.249. The van der Waals surface area contributed by atoms with Gasteiger partial charge in [-0.3, -0.25) is 0 Å². The van der Waals surface area contributed by atoms with E-state index in [0.29, 0.717) is 22.8 Å². The van der Waals surface area contributed by atoms with Crippen LogP contribution in [0.15, 0.2) is 54.9 Å². The zero-order valence-corrected chi connectivity index (χ0v) is 12.6. The van der Waals surface area contributed by atoms with Crippen molar-refractivity contribution < 1.29 is 23.4 Å². The predicted molar refractivity (Wildman–Crippen MR) is 85.5 cm³/mol. The third-order valence-corrected chi connectivity index (χ3v) is 3.42. The SMILES string of the molecule is Oc1ccc(-c2cc(Nc3ccc(C(F)(F)F)cc3)ncn2)cc1O. The van der Waals surface area contributed by atoms with Gasteiger partial charge in [0.05, 0.1) is 11.3 Å². The van der Waals surface area contributed by atoms with Crippen molar-refractivity contribution in [3.63, 3.8) is 0 Å². The van der Waals surface area contributed by atoms with E-state index in [2.05, 4.69) is 15.3 Å². The van der Waals surface area contributed by atoms with Crippen molar-refractivity contribution in [3.8, 4) is 22.8 Å². The lowest BCUT2D eigenvalue weighted by atomic mass is 10.1. The van der Waals surface area contributed by atoms with E-state index in [1.54, 1.807) is 12.1 Å². The number of anilines is 2. The van der Waals surface area contributed by atoms with Gasteiger partial charge in [0.25, 0.3) is 0 Å². The molecular formula is C17H12F3N3O2. The fourth-order valence-corrected chi connectivity index (χ4v) is 2.16. The normalized spacial score (nSPS) is 11.3. The summed E-state index contributed by atoms with van der Waals surface area (Å²) in [6, 6.07) is 10.4. The van der Waals surface area contributed by atoms with Gasteiger partial charge in [0.2, 0.25) is 0 Å². The topological polar surface area (TPSA) is 78.3 Å². The standard InChI is InChI=1S/C17H12F3N3O2/c18-17(19,20)11-2-4-12(5-3-11)23-16-8-13(21-9-22-16)10-1-6-14(24)15(25)7-10/h1-9,24-25H,(H,21,22,23). The summed E-state index contributed by atoms with van der Waals surface area (Å²) in [5, 5.41) is 21.8. The number of benzene rings is 2. The highest BCUT2D eigenvalue weighted by Crippen LogP contribution is 2.32. The van der Waals surface area contributed by atoms with Crippen molar-refractivity contribution >= 4 is 11.5 Å². The molecule has 0 saturated heterocycles. The quantitative estimate of drug-likeness (QED) is 0.615. The van der Waals surface area contributed by atoms with E-state index in [-0.39, 0.29) is 11.5 Å². The van der Waals surface area contributed by atoms with Gasteiger partial charge in [-0.25, -0.2) is 9.97 Å². The van der Waals surface area contributed by atoms with E-state index < -0.39 is 11.7 Å². The van der Waals surface area contributed by atoms with Crippen molar-refractivity contribution in [3.05, 3.63) is 60.4 Å². The van der Waals surface area contributed by atoms with E-state index >= 15 is 0 Å². The van der Waals surface area contributed by atoms with E-state index in [4.69, 9.17) is 0 Å². The predicted octanol–water partition coefficient (Wildman–Crippen LogP) is 4.32. The highest BCUT2D eigenvalue weighted by molar-refractivity contribution is 5.67. The molecule has 0 radical (unpaired) electrons. The first kappa shape index (κ1) is 16.6. The molecule has 25 heavy (non-hydrogen) atoms. The van der Waals surface area contributed by atoms with Gasteiger partial charge in [0.1, 0.15) is 12.1 Å². The summed E-state index contributed by atoms with van der Waals surface area (Å²) in [5.41, 5.74) is 0.722. The third-order valence-electron chi connectivity index (χ3n) is 3.42. The monoisotopic (exact) mass is 347 g/mol. The van der Waals surface area contributed by atoms with Crippen molar-refractivity contribution in [1.29, 1.82) is 0 Å². The van der Waals surface area contributed by atoms with Gasteiger partial charge in [-0.15, -0.1) is 0 Å². The van der Waals surface area contributed by atoms with Gasteiger partial charge in [-0.05, 0) is 42.5 Å². The van der Waals surface area contributed by atoms with E-state index in [9.17, 15) is 23.4 Å². The molecule has 0 unspecified atom stereocenters. The number of rotatable bonds is 3. The Morgan fingerprint density at radius 1 is 0.840 bits per heavy atom. The van der Waals surface area contributed by atoms with Crippen molar-refractivity contribution in [2.24, 2.45) is 0 Å². The highest BCUT2D eigenvalue weighted by atomic mass is 19.4. The van der Waals surface area contributed by atoms with Crippen LogP contribution < -0.4 is 5.32 Å². The second-order valence-corrected chi connectivity index (χ2v) is 5.19. The number of aromatic hydroxyl groups is 2. The van der Waals surface area contributed by atoms with Crippen LogP contribution in [0, 0.1) is 0 Å². The molecule has 0 atom stereocenters. The van der Waals surface area contributed by atoms with Crippen LogP contribution in [0.5, 0.6) is 11.5 Å². The maximum Gasteiger partial charge on any atom is 0.416 e. The van der Waals surface area contributed by atoms with Gasteiger partial charge in [-0.1, -0.05) is 0 Å². The van der Waals surface area contributed by atoms with Gasteiger partial charge in [-0.2, -0.15) is 13.2 Å². The summed E-state index contributed by atoms with van der Waals surface area (Å²) in [6.07, 6.45) is -3.10. The Morgan fingerprint density at radius 3 is 2.20 bits per heavy atom. The first-order valence-corrected chi connectivity index (χ1v) is 7.11. The molecule has 0 bridgehead atoms. The van der Waals surface area contributed by atoms with Crippen LogP contribution in [0.3, 0.4) is 0 Å². The minimum Gasteiger partial charge on any atom is -0.504 e. The number of aromatic nitrogens is 2. The number of nitrogens with zero attached hydrogens (tertiary/aromatic N) is 2. The van der Waals surface area contributed by atoms with E-state index in [0.717, 1.165) is 12.1 Å². The van der Waals surface area contributed by atoms with Crippen LogP contribution in [0.2, 0.25) is 0 Å². The van der Waals surface area contributed by atoms with Gasteiger partial charge in [0.15, 0.2) is 11.5 Å².